The number of halogens is 4. The van der Waals surface area contributed by atoms with Crippen molar-refractivity contribution in [1.29, 1.82) is 0 Å². The lowest BCUT2D eigenvalue weighted by Crippen LogP contribution is -2.19. The van der Waals surface area contributed by atoms with Crippen LogP contribution in [0.3, 0.4) is 0 Å². The minimum absolute atomic E-state index is 0.0424. The quantitative estimate of drug-likeness (QED) is 0.864. The molecule has 0 radical (unpaired) electrons. The summed E-state index contributed by atoms with van der Waals surface area (Å²) >= 11 is 5.41. The van der Waals surface area contributed by atoms with Crippen LogP contribution in [0.4, 0.5) is 13.2 Å². The first-order valence-electron chi connectivity index (χ1n) is 3.58. The monoisotopic (exact) mass is 240 g/mol. The van der Waals surface area contributed by atoms with Gasteiger partial charge in [-0.05, 0) is 12.1 Å². The second-order valence-electron chi connectivity index (χ2n) is 2.49. The molecule has 1 N–H and O–H groups in total. The van der Waals surface area contributed by atoms with Crippen molar-refractivity contribution in [2.75, 3.05) is 0 Å². The first kappa shape index (κ1) is 11.6. The highest BCUT2D eigenvalue weighted by Crippen LogP contribution is 2.29. The Bertz CT molecular complexity index is 389. The van der Waals surface area contributed by atoms with Crippen LogP contribution in [0.5, 0.6) is 5.75 Å². The highest BCUT2D eigenvalue weighted by molar-refractivity contribution is 6.30. The lowest BCUT2D eigenvalue weighted by molar-refractivity contribution is -0.274. The van der Waals surface area contributed by atoms with Gasteiger partial charge in [-0.1, -0.05) is 11.6 Å². The lowest BCUT2D eigenvalue weighted by Gasteiger charge is -2.11. The van der Waals surface area contributed by atoms with Gasteiger partial charge in [-0.2, -0.15) is 0 Å². The first-order chi connectivity index (χ1) is 6.79. The Morgan fingerprint density at radius 3 is 2.47 bits per heavy atom. The van der Waals surface area contributed by atoms with Gasteiger partial charge in [0.05, 0.1) is 0 Å². The van der Waals surface area contributed by atoms with Crippen LogP contribution in [0.25, 0.3) is 0 Å². The predicted molar refractivity (Wildman–Crippen MR) is 45.1 cm³/mol. The van der Waals surface area contributed by atoms with Gasteiger partial charge in [-0.3, -0.25) is 0 Å². The summed E-state index contributed by atoms with van der Waals surface area (Å²) in [4.78, 5) is 10.5. The average molecular weight is 241 g/mol. The van der Waals surface area contributed by atoms with Crippen molar-refractivity contribution in [1.82, 2.24) is 0 Å². The summed E-state index contributed by atoms with van der Waals surface area (Å²) < 4.78 is 39.1. The molecule has 1 aromatic rings. The Morgan fingerprint density at radius 1 is 1.40 bits per heavy atom. The van der Waals surface area contributed by atoms with E-state index in [-0.39, 0.29) is 5.02 Å². The number of carbonyl (C=O) groups is 1. The summed E-state index contributed by atoms with van der Waals surface area (Å²) in [7, 11) is 0. The van der Waals surface area contributed by atoms with Gasteiger partial charge in [0.25, 0.3) is 0 Å². The molecule has 0 fully saturated rings. The molecule has 0 unspecified atom stereocenters. The summed E-state index contributed by atoms with van der Waals surface area (Å²) in [5.74, 6) is -2.35. The molecule has 0 saturated heterocycles. The Balaban J connectivity index is 3.13. The molecule has 0 atom stereocenters. The Morgan fingerprint density at radius 2 is 2.00 bits per heavy atom. The van der Waals surface area contributed by atoms with Crippen LogP contribution in [-0.4, -0.2) is 17.4 Å². The first-order valence-corrected chi connectivity index (χ1v) is 3.96. The lowest BCUT2D eigenvalue weighted by atomic mass is 10.2. The van der Waals surface area contributed by atoms with Crippen LogP contribution in [-0.2, 0) is 0 Å². The fraction of sp³-hybridized carbons (Fsp3) is 0.125. The molecule has 0 aliphatic rings. The van der Waals surface area contributed by atoms with E-state index in [4.69, 9.17) is 16.7 Å². The molecule has 3 nitrogen and oxygen atoms in total. The fourth-order valence-corrected chi connectivity index (χ4v) is 1.04. The van der Waals surface area contributed by atoms with Crippen LogP contribution in [0.2, 0.25) is 5.02 Å². The Labute approximate surface area is 87.0 Å². The van der Waals surface area contributed by atoms with Crippen LogP contribution in [0.15, 0.2) is 18.2 Å². The molecule has 1 rings (SSSR count). The zero-order valence-corrected chi connectivity index (χ0v) is 7.76. The zero-order chi connectivity index (χ0) is 11.6. The number of carboxylic acid groups (broad SMARTS) is 1. The van der Waals surface area contributed by atoms with Gasteiger partial charge >= 0.3 is 12.3 Å². The van der Waals surface area contributed by atoms with E-state index in [1.54, 1.807) is 0 Å². The molecule has 15 heavy (non-hydrogen) atoms. The Kier molecular flexibility index (Phi) is 3.09. The molecule has 0 bridgehead atoms. The Hall–Kier alpha value is -1.43. The number of alkyl halides is 3. The summed E-state index contributed by atoms with van der Waals surface area (Å²) in [6.45, 7) is 0. The van der Waals surface area contributed by atoms with E-state index in [0.717, 1.165) is 18.2 Å². The smallest absolute Gasteiger partial charge is 0.478 e. The van der Waals surface area contributed by atoms with Gasteiger partial charge < -0.3 is 9.84 Å². The van der Waals surface area contributed by atoms with E-state index >= 15 is 0 Å². The summed E-state index contributed by atoms with van der Waals surface area (Å²) in [5.41, 5.74) is -0.600. The third-order valence-corrected chi connectivity index (χ3v) is 1.63. The molecule has 0 saturated carbocycles. The van der Waals surface area contributed by atoms with E-state index in [2.05, 4.69) is 4.74 Å². The normalized spacial score (nSPS) is 11.2. The summed E-state index contributed by atoms with van der Waals surface area (Å²) in [6, 6.07) is 2.89. The topological polar surface area (TPSA) is 46.5 Å². The molecule has 7 heteroatoms. The molecule has 0 aliphatic carbocycles. The molecule has 82 valence electrons. The van der Waals surface area contributed by atoms with E-state index in [9.17, 15) is 18.0 Å². The molecule has 0 aromatic heterocycles. The minimum Gasteiger partial charge on any atom is -0.478 e. The molecule has 0 aliphatic heterocycles. The number of ether oxygens (including phenoxy) is 1. The second kappa shape index (κ2) is 3.98. The maximum absolute atomic E-state index is 11.9. The van der Waals surface area contributed by atoms with Crippen LogP contribution >= 0.6 is 11.6 Å². The standard InChI is InChI=1S/C8H4ClF3O3/c9-4-1-2-5(7(13)14)6(3-4)15-8(10,11)12/h1-3H,(H,13,14). The van der Waals surface area contributed by atoms with Crippen molar-refractivity contribution >= 4 is 17.6 Å². The molecular weight excluding hydrogens is 237 g/mol. The second-order valence-corrected chi connectivity index (χ2v) is 2.93. The number of aromatic carboxylic acids is 1. The van der Waals surface area contributed by atoms with Gasteiger partial charge in [-0.25, -0.2) is 4.79 Å². The van der Waals surface area contributed by atoms with E-state index in [1.807, 2.05) is 0 Å². The number of hydrogen-bond donors (Lipinski definition) is 1. The molecule has 1 aromatic carbocycles. The average Bonchev–Trinajstić information content (AvgIpc) is 1.99. The minimum atomic E-state index is -4.95. The molecule has 0 spiro atoms. The number of benzene rings is 1. The van der Waals surface area contributed by atoms with Gasteiger partial charge in [-0.15, -0.1) is 13.2 Å². The van der Waals surface area contributed by atoms with Gasteiger partial charge in [0, 0.05) is 11.1 Å². The summed E-state index contributed by atoms with van der Waals surface area (Å²) in [6.07, 6.45) is -4.95. The van der Waals surface area contributed by atoms with Gasteiger partial charge in [0.15, 0.2) is 0 Å². The maximum atomic E-state index is 11.9. The molecular formula is C8H4ClF3O3. The van der Waals surface area contributed by atoms with E-state index in [1.165, 1.54) is 0 Å². The van der Waals surface area contributed by atoms with Crippen LogP contribution in [0, 0.1) is 0 Å². The SMILES string of the molecule is O=C(O)c1ccc(Cl)cc1OC(F)(F)F. The summed E-state index contributed by atoms with van der Waals surface area (Å²) in [5, 5.41) is 8.52. The van der Waals surface area contributed by atoms with Gasteiger partial charge in [0.2, 0.25) is 0 Å². The van der Waals surface area contributed by atoms with E-state index in [0.29, 0.717) is 0 Å². The van der Waals surface area contributed by atoms with Crippen LogP contribution < -0.4 is 4.74 Å². The van der Waals surface area contributed by atoms with Gasteiger partial charge in [0.1, 0.15) is 11.3 Å². The van der Waals surface area contributed by atoms with Crippen molar-refractivity contribution in [2.45, 2.75) is 6.36 Å². The third-order valence-electron chi connectivity index (χ3n) is 1.40. The van der Waals surface area contributed by atoms with E-state index < -0.39 is 23.6 Å². The molecule has 0 heterocycles. The number of carboxylic acids is 1. The highest BCUT2D eigenvalue weighted by Gasteiger charge is 2.33. The van der Waals surface area contributed by atoms with Crippen molar-refractivity contribution in [3.63, 3.8) is 0 Å². The third kappa shape index (κ3) is 3.32. The van der Waals surface area contributed by atoms with Crippen molar-refractivity contribution in [3.8, 4) is 5.75 Å². The number of rotatable bonds is 2. The fourth-order valence-electron chi connectivity index (χ4n) is 0.882. The maximum Gasteiger partial charge on any atom is 0.573 e. The van der Waals surface area contributed by atoms with Crippen LogP contribution in [0.1, 0.15) is 10.4 Å². The largest absolute Gasteiger partial charge is 0.573 e. The highest BCUT2D eigenvalue weighted by atomic mass is 35.5. The van der Waals surface area contributed by atoms with Crippen molar-refractivity contribution < 1.29 is 27.8 Å². The zero-order valence-electron chi connectivity index (χ0n) is 7.01. The molecule has 0 amide bonds. The predicted octanol–water partition coefficient (Wildman–Crippen LogP) is 2.94. The number of hydrogen-bond acceptors (Lipinski definition) is 2. The van der Waals surface area contributed by atoms with Crippen molar-refractivity contribution in [2.24, 2.45) is 0 Å². The van der Waals surface area contributed by atoms with Crippen molar-refractivity contribution in [3.05, 3.63) is 28.8 Å².